The molecular formula is C37H48N2O13. The second-order valence-electron chi connectivity index (χ2n) is 15.1. The first-order chi connectivity index (χ1) is 24.6. The van der Waals surface area contributed by atoms with Crippen molar-refractivity contribution in [3.63, 3.8) is 0 Å². The molecule has 5 rings (SSSR count). The Labute approximate surface area is 301 Å². The van der Waals surface area contributed by atoms with Gasteiger partial charge in [0.2, 0.25) is 11.7 Å². The number of esters is 1. The van der Waals surface area contributed by atoms with Gasteiger partial charge in [0.25, 0.3) is 5.09 Å². The summed E-state index contributed by atoms with van der Waals surface area (Å²) in [6.45, 7) is 4.39. The summed E-state index contributed by atoms with van der Waals surface area (Å²) in [7, 11) is 0. The Balaban J connectivity index is 1.13. The molecule has 1 aromatic rings. The lowest BCUT2D eigenvalue weighted by molar-refractivity contribution is -0.757. The lowest BCUT2D eigenvalue weighted by atomic mass is 9.45. The standard InChI is InChI=1S/C37H48N2O13/c1-22(40)38-29(33(44)49-16-4-5-17-51-39(47)48)18-23-6-9-26(10-7-23)52-34(45)50-21-31(43)37(46)15-13-28-27-11-8-24-19-25(41)12-14-35(24,2)32(27)30(42)20-36(28,37)3/h6-7,9-10,19,27-30,32,42,46H,4-5,8,11-18,20-21H2,1-3H3,(H,38,40)/t27-,28-,29-,30-,32+,35-,36-,37-/m0/s1. The number of allylic oxidation sites excluding steroid dienone is 1. The van der Waals surface area contributed by atoms with Crippen molar-refractivity contribution in [1.82, 2.24) is 5.32 Å². The molecule has 0 radical (unpaired) electrons. The van der Waals surface area contributed by atoms with Gasteiger partial charge in [-0.05, 0) is 98.3 Å². The SMILES string of the molecule is CC(=O)N[C@@H](Cc1ccc(OC(=O)OCC(=O)[C@@]2(O)CC[C@H]3[C@@H]4CCC5=CC(=O)CC[C@]5(C)[C@H]4[C@@H](O)C[C@@]32C)cc1)C(=O)OCCCCO[N+](=O)[O-]. The Kier molecular flexibility index (Phi) is 11.7. The number of aliphatic hydroxyl groups excluding tert-OH is 1. The average Bonchev–Trinajstić information content (AvgIpc) is 3.35. The van der Waals surface area contributed by atoms with Crippen LogP contribution in [0.3, 0.4) is 0 Å². The molecule has 1 amide bonds. The number of ether oxygens (including phenoxy) is 3. The van der Waals surface area contributed by atoms with Crippen LogP contribution >= 0.6 is 0 Å². The molecule has 0 heterocycles. The molecule has 0 saturated heterocycles. The van der Waals surface area contributed by atoms with Crippen molar-refractivity contribution in [2.24, 2.45) is 28.6 Å². The molecule has 3 saturated carbocycles. The number of nitrogens with zero attached hydrogens (tertiary/aromatic N) is 1. The van der Waals surface area contributed by atoms with Gasteiger partial charge in [-0.1, -0.05) is 31.6 Å². The fourth-order valence-corrected chi connectivity index (χ4v) is 9.50. The molecule has 4 aliphatic rings. The molecule has 15 nitrogen and oxygen atoms in total. The summed E-state index contributed by atoms with van der Waals surface area (Å²) in [5.41, 5.74) is -1.33. The maximum atomic E-state index is 13.6. The van der Waals surface area contributed by atoms with Crippen LogP contribution in [0.2, 0.25) is 0 Å². The molecule has 52 heavy (non-hydrogen) atoms. The normalized spacial score (nSPS) is 31.1. The zero-order valence-electron chi connectivity index (χ0n) is 29.8. The van der Waals surface area contributed by atoms with Crippen LogP contribution in [0, 0.1) is 38.7 Å². The minimum atomic E-state index is -1.80. The minimum Gasteiger partial charge on any atom is -0.464 e. The molecule has 0 aliphatic heterocycles. The van der Waals surface area contributed by atoms with Crippen molar-refractivity contribution in [3.05, 3.63) is 51.6 Å². The van der Waals surface area contributed by atoms with E-state index in [9.17, 15) is 44.3 Å². The summed E-state index contributed by atoms with van der Waals surface area (Å²) < 4.78 is 15.6. The van der Waals surface area contributed by atoms with Gasteiger partial charge in [0.15, 0.2) is 12.4 Å². The average molecular weight is 729 g/mol. The minimum absolute atomic E-state index is 0.0182. The van der Waals surface area contributed by atoms with E-state index < -0.39 is 58.7 Å². The topological polar surface area (TPSA) is 218 Å². The Morgan fingerprint density at radius 3 is 2.44 bits per heavy atom. The first-order valence-corrected chi connectivity index (χ1v) is 17.9. The van der Waals surface area contributed by atoms with E-state index in [2.05, 4.69) is 17.1 Å². The van der Waals surface area contributed by atoms with Crippen molar-refractivity contribution in [2.75, 3.05) is 19.8 Å². The van der Waals surface area contributed by atoms with Gasteiger partial charge in [-0.25, -0.2) is 9.59 Å². The van der Waals surface area contributed by atoms with Crippen LogP contribution in [0.1, 0.15) is 84.1 Å². The summed E-state index contributed by atoms with van der Waals surface area (Å²) in [6.07, 6.45) is 4.18. The van der Waals surface area contributed by atoms with E-state index in [0.29, 0.717) is 37.7 Å². The van der Waals surface area contributed by atoms with Gasteiger partial charge < -0.3 is 34.6 Å². The summed E-state index contributed by atoms with van der Waals surface area (Å²) in [4.78, 5) is 77.1. The zero-order chi connectivity index (χ0) is 37.8. The molecule has 0 bridgehead atoms. The molecule has 0 unspecified atom stereocenters. The second kappa shape index (κ2) is 15.7. The number of hydrogen-bond donors (Lipinski definition) is 3. The lowest BCUT2D eigenvalue weighted by Gasteiger charge is -2.60. The van der Waals surface area contributed by atoms with Crippen molar-refractivity contribution in [1.29, 1.82) is 0 Å². The van der Waals surface area contributed by atoms with Crippen LogP contribution in [-0.4, -0.2) is 82.5 Å². The number of Topliss-reactive ketones (excluding diaryl/α,β-unsaturated/α-hetero) is 1. The van der Waals surface area contributed by atoms with E-state index in [1.807, 2.05) is 6.92 Å². The molecule has 15 heteroatoms. The predicted octanol–water partition coefficient (Wildman–Crippen LogP) is 3.58. The summed E-state index contributed by atoms with van der Waals surface area (Å²) >= 11 is 0. The quantitative estimate of drug-likeness (QED) is 0.0822. The highest BCUT2D eigenvalue weighted by molar-refractivity contribution is 5.92. The van der Waals surface area contributed by atoms with Crippen LogP contribution < -0.4 is 10.1 Å². The van der Waals surface area contributed by atoms with Crippen LogP contribution in [0.4, 0.5) is 4.79 Å². The number of rotatable bonds is 14. The third-order valence-electron chi connectivity index (χ3n) is 12.0. The maximum absolute atomic E-state index is 13.6. The number of carbonyl (C=O) groups excluding carboxylic acids is 5. The fourth-order valence-electron chi connectivity index (χ4n) is 9.50. The number of amides is 1. The number of nitrogens with one attached hydrogen (secondary N) is 1. The highest BCUT2D eigenvalue weighted by Gasteiger charge is 2.68. The van der Waals surface area contributed by atoms with Crippen molar-refractivity contribution in [2.45, 2.75) is 103 Å². The fraction of sp³-hybridized carbons (Fsp3) is 0.649. The van der Waals surface area contributed by atoms with Crippen molar-refractivity contribution in [3.8, 4) is 5.75 Å². The molecule has 4 aliphatic carbocycles. The Hall–Kier alpha value is -4.37. The van der Waals surface area contributed by atoms with Gasteiger partial charge in [0.05, 0.1) is 19.3 Å². The van der Waals surface area contributed by atoms with E-state index in [0.717, 1.165) is 18.4 Å². The van der Waals surface area contributed by atoms with Crippen molar-refractivity contribution < 1.29 is 58.3 Å². The first kappa shape index (κ1) is 38.9. The summed E-state index contributed by atoms with van der Waals surface area (Å²) in [5, 5.41) is 35.3. The molecule has 284 valence electrons. The highest BCUT2D eigenvalue weighted by Crippen LogP contribution is 2.67. The monoisotopic (exact) mass is 728 g/mol. The molecule has 0 aromatic heterocycles. The molecule has 8 atom stereocenters. The molecule has 0 spiro atoms. The largest absolute Gasteiger partial charge is 0.514 e. The Morgan fingerprint density at radius 2 is 1.75 bits per heavy atom. The Bertz CT molecular complexity index is 1590. The third kappa shape index (κ3) is 7.99. The number of hydrogen-bond acceptors (Lipinski definition) is 13. The van der Waals surface area contributed by atoms with Gasteiger partial charge in [-0.15, -0.1) is 10.1 Å². The van der Waals surface area contributed by atoms with E-state index >= 15 is 0 Å². The smallest absolute Gasteiger partial charge is 0.464 e. The van der Waals surface area contributed by atoms with Crippen molar-refractivity contribution >= 4 is 29.6 Å². The Morgan fingerprint density at radius 1 is 1.04 bits per heavy atom. The number of carbonyl (C=O) groups is 5. The number of unbranched alkanes of at least 4 members (excludes halogenated alkanes) is 1. The molecular weight excluding hydrogens is 680 g/mol. The lowest BCUT2D eigenvalue weighted by Crippen LogP contribution is -2.62. The van der Waals surface area contributed by atoms with Gasteiger partial charge in [0.1, 0.15) is 17.4 Å². The van der Waals surface area contributed by atoms with Crippen LogP contribution in [0.5, 0.6) is 5.75 Å². The second-order valence-corrected chi connectivity index (χ2v) is 15.1. The van der Waals surface area contributed by atoms with E-state index in [1.54, 1.807) is 18.2 Å². The van der Waals surface area contributed by atoms with E-state index in [1.165, 1.54) is 19.1 Å². The number of aliphatic hydroxyl groups is 2. The van der Waals surface area contributed by atoms with Crippen LogP contribution in [0.15, 0.2) is 35.9 Å². The van der Waals surface area contributed by atoms with Gasteiger partial charge in [-0.3, -0.25) is 14.4 Å². The maximum Gasteiger partial charge on any atom is 0.514 e. The molecule has 3 N–H and O–H groups in total. The number of benzene rings is 1. The van der Waals surface area contributed by atoms with E-state index in [4.69, 9.17) is 14.2 Å². The highest BCUT2D eigenvalue weighted by atomic mass is 16.9. The third-order valence-corrected chi connectivity index (χ3v) is 12.0. The predicted molar refractivity (Wildman–Crippen MR) is 181 cm³/mol. The number of fused-ring (bicyclic) bond motifs is 5. The zero-order valence-corrected chi connectivity index (χ0v) is 29.8. The summed E-state index contributed by atoms with van der Waals surface area (Å²) in [5.74, 6) is -1.59. The summed E-state index contributed by atoms with van der Waals surface area (Å²) in [6, 6.07) is 5.04. The van der Waals surface area contributed by atoms with Gasteiger partial charge >= 0.3 is 12.1 Å². The van der Waals surface area contributed by atoms with Crippen LogP contribution in [0.25, 0.3) is 0 Å². The van der Waals surface area contributed by atoms with E-state index in [-0.39, 0.29) is 67.2 Å². The molecule has 3 fully saturated rings. The number of ketones is 2. The van der Waals surface area contributed by atoms with Crippen LogP contribution in [-0.2, 0) is 39.9 Å². The van der Waals surface area contributed by atoms with Gasteiger partial charge in [-0.2, -0.15) is 0 Å². The van der Waals surface area contributed by atoms with Gasteiger partial charge in [0, 0.05) is 25.2 Å². The first-order valence-electron chi connectivity index (χ1n) is 17.9. The molecule has 1 aromatic carbocycles.